The molecule has 1 atom stereocenters. The maximum atomic E-state index is 12.3. The molecule has 0 unspecified atom stereocenters. The van der Waals surface area contributed by atoms with E-state index in [1.807, 2.05) is 12.1 Å². The zero-order valence-corrected chi connectivity index (χ0v) is 14.1. The van der Waals surface area contributed by atoms with Crippen molar-refractivity contribution >= 4 is 27.3 Å². The van der Waals surface area contributed by atoms with Crippen LogP contribution in [0.4, 0.5) is 0 Å². The lowest BCUT2D eigenvalue weighted by atomic mass is 10.1. The summed E-state index contributed by atoms with van der Waals surface area (Å²) in [5.41, 5.74) is 1.90. The summed E-state index contributed by atoms with van der Waals surface area (Å²) in [6.45, 7) is 0. The van der Waals surface area contributed by atoms with Crippen molar-refractivity contribution < 1.29 is 13.2 Å². The van der Waals surface area contributed by atoms with E-state index in [4.69, 9.17) is 11.6 Å². The number of carbonyl (C=O) groups is 1. The summed E-state index contributed by atoms with van der Waals surface area (Å²) < 4.78 is 24.4. The Morgan fingerprint density at radius 1 is 1.35 bits per heavy atom. The van der Waals surface area contributed by atoms with Crippen LogP contribution in [0.1, 0.15) is 16.9 Å². The first-order valence-corrected chi connectivity index (χ1v) is 9.35. The monoisotopic (exact) mass is 353 g/mol. The molecule has 1 aromatic heterocycles. The molecule has 23 heavy (non-hydrogen) atoms. The molecule has 2 aromatic rings. The third-order valence-corrected chi connectivity index (χ3v) is 5.84. The first-order chi connectivity index (χ1) is 10.8. The molecular weight excluding hydrogens is 338 g/mol. The van der Waals surface area contributed by atoms with Crippen molar-refractivity contribution in [3.8, 4) is 11.3 Å². The second-order valence-electron chi connectivity index (χ2n) is 5.62. The van der Waals surface area contributed by atoms with Gasteiger partial charge in [0.25, 0.3) is 5.91 Å². The Hall–Kier alpha value is -1.86. The molecule has 1 N–H and O–H groups in total. The highest BCUT2D eigenvalue weighted by Crippen LogP contribution is 2.21. The second-order valence-corrected chi connectivity index (χ2v) is 8.28. The van der Waals surface area contributed by atoms with Crippen molar-refractivity contribution in [2.75, 3.05) is 11.5 Å². The second kappa shape index (κ2) is 5.98. The van der Waals surface area contributed by atoms with E-state index >= 15 is 0 Å². The van der Waals surface area contributed by atoms with Gasteiger partial charge in [-0.3, -0.25) is 9.48 Å². The predicted octanol–water partition coefficient (Wildman–Crippen LogP) is 1.66. The fourth-order valence-corrected chi connectivity index (χ4v) is 4.41. The van der Waals surface area contributed by atoms with Crippen LogP contribution in [0.2, 0.25) is 5.02 Å². The maximum absolute atomic E-state index is 12.3. The molecule has 1 aromatic carbocycles. The first kappa shape index (κ1) is 16.0. The van der Waals surface area contributed by atoms with E-state index in [9.17, 15) is 13.2 Å². The van der Waals surface area contributed by atoms with Crippen LogP contribution in [0.3, 0.4) is 0 Å². The Morgan fingerprint density at radius 2 is 2.04 bits per heavy atom. The lowest BCUT2D eigenvalue weighted by Crippen LogP contribution is -2.36. The van der Waals surface area contributed by atoms with Gasteiger partial charge >= 0.3 is 0 Å². The van der Waals surface area contributed by atoms with E-state index in [1.165, 1.54) is 4.68 Å². The van der Waals surface area contributed by atoms with Crippen LogP contribution in [0, 0.1) is 0 Å². The van der Waals surface area contributed by atoms with E-state index in [0.717, 1.165) is 5.56 Å². The number of carbonyl (C=O) groups excluding carboxylic acids is 1. The Bertz CT molecular complexity index is 843. The molecule has 1 aliphatic rings. The Balaban J connectivity index is 1.78. The zero-order chi connectivity index (χ0) is 16.6. The van der Waals surface area contributed by atoms with Crippen molar-refractivity contribution in [1.29, 1.82) is 0 Å². The van der Waals surface area contributed by atoms with Crippen molar-refractivity contribution in [3.63, 3.8) is 0 Å². The number of aromatic nitrogens is 2. The molecule has 2 heterocycles. The number of sulfone groups is 1. The Morgan fingerprint density at radius 3 is 2.65 bits per heavy atom. The Kier molecular flexibility index (Phi) is 4.16. The van der Waals surface area contributed by atoms with E-state index < -0.39 is 9.84 Å². The smallest absolute Gasteiger partial charge is 0.269 e. The highest BCUT2D eigenvalue weighted by Gasteiger charge is 2.29. The van der Waals surface area contributed by atoms with Gasteiger partial charge in [0.05, 0.1) is 17.2 Å². The summed E-state index contributed by atoms with van der Waals surface area (Å²) in [7, 11) is -1.34. The number of aryl methyl sites for hydroxylation is 1. The van der Waals surface area contributed by atoms with E-state index in [0.29, 0.717) is 22.8 Å². The Labute approximate surface area is 139 Å². The predicted molar refractivity (Wildman–Crippen MR) is 88.2 cm³/mol. The number of halogens is 1. The average molecular weight is 354 g/mol. The van der Waals surface area contributed by atoms with Crippen LogP contribution in [0.5, 0.6) is 0 Å². The average Bonchev–Trinajstić information content (AvgIpc) is 3.02. The van der Waals surface area contributed by atoms with Gasteiger partial charge in [0.1, 0.15) is 5.69 Å². The SMILES string of the molecule is Cn1nc(-c2ccc(Cl)cc2)cc1C(=O)N[C@@H]1CCS(=O)(=O)C1. The molecule has 3 rings (SSSR count). The quantitative estimate of drug-likeness (QED) is 0.909. The van der Waals surface area contributed by atoms with Crippen LogP contribution in [-0.4, -0.2) is 41.7 Å². The lowest BCUT2D eigenvalue weighted by molar-refractivity contribution is 0.0931. The summed E-state index contributed by atoms with van der Waals surface area (Å²) in [5, 5.41) is 7.72. The van der Waals surface area contributed by atoms with Crippen molar-refractivity contribution in [3.05, 3.63) is 41.0 Å². The van der Waals surface area contributed by atoms with Crippen LogP contribution in [0.15, 0.2) is 30.3 Å². The topological polar surface area (TPSA) is 81.1 Å². The van der Waals surface area contributed by atoms with Gasteiger partial charge in [-0.1, -0.05) is 23.7 Å². The van der Waals surface area contributed by atoms with Gasteiger partial charge in [-0.05, 0) is 24.6 Å². The first-order valence-electron chi connectivity index (χ1n) is 7.15. The van der Waals surface area contributed by atoms with Crippen molar-refractivity contribution in [2.24, 2.45) is 7.05 Å². The van der Waals surface area contributed by atoms with Gasteiger partial charge in [0, 0.05) is 23.7 Å². The third-order valence-electron chi connectivity index (χ3n) is 3.82. The van der Waals surface area contributed by atoms with Crippen LogP contribution in [-0.2, 0) is 16.9 Å². The van der Waals surface area contributed by atoms with Gasteiger partial charge < -0.3 is 5.32 Å². The number of amides is 1. The molecule has 8 heteroatoms. The van der Waals surface area contributed by atoms with Gasteiger partial charge in [0.15, 0.2) is 9.84 Å². The molecule has 1 amide bonds. The minimum atomic E-state index is -3.02. The number of nitrogens with one attached hydrogen (secondary N) is 1. The van der Waals surface area contributed by atoms with E-state index in [1.54, 1.807) is 25.2 Å². The molecule has 122 valence electrons. The minimum absolute atomic E-state index is 0.000628. The van der Waals surface area contributed by atoms with Crippen LogP contribution >= 0.6 is 11.6 Å². The molecule has 0 bridgehead atoms. The number of hydrogen-bond acceptors (Lipinski definition) is 4. The molecule has 1 fully saturated rings. The third kappa shape index (κ3) is 3.56. The maximum Gasteiger partial charge on any atom is 0.269 e. The summed E-state index contributed by atoms with van der Waals surface area (Å²) in [6, 6.07) is 8.53. The molecule has 1 saturated heterocycles. The summed E-state index contributed by atoms with van der Waals surface area (Å²) in [4.78, 5) is 12.3. The molecule has 1 aliphatic heterocycles. The van der Waals surface area contributed by atoms with E-state index in [2.05, 4.69) is 10.4 Å². The van der Waals surface area contributed by atoms with Gasteiger partial charge in [0.2, 0.25) is 0 Å². The number of benzene rings is 1. The largest absolute Gasteiger partial charge is 0.347 e. The summed E-state index contributed by atoms with van der Waals surface area (Å²) >= 11 is 5.87. The normalized spacial score (nSPS) is 19.7. The molecule has 0 radical (unpaired) electrons. The van der Waals surface area contributed by atoms with Gasteiger partial charge in [-0.15, -0.1) is 0 Å². The van der Waals surface area contributed by atoms with Crippen molar-refractivity contribution in [2.45, 2.75) is 12.5 Å². The standard InChI is InChI=1S/C15H16ClN3O3S/c1-19-14(15(20)17-12-6-7-23(21,22)9-12)8-13(18-19)10-2-4-11(16)5-3-10/h2-5,8,12H,6-7,9H2,1H3,(H,17,20)/t12-/m1/s1. The van der Waals surface area contributed by atoms with Crippen LogP contribution < -0.4 is 5.32 Å². The molecule has 0 spiro atoms. The number of hydrogen-bond donors (Lipinski definition) is 1. The molecule has 0 aliphatic carbocycles. The minimum Gasteiger partial charge on any atom is -0.347 e. The van der Waals surface area contributed by atoms with E-state index in [-0.39, 0.29) is 23.5 Å². The zero-order valence-electron chi connectivity index (χ0n) is 12.5. The van der Waals surface area contributed by atoms with Crippen molar-refractivity contribution in [1.82, 2.24) is 15.1 Å². The molecule has 0 saturated carbocycles. The fraction of sp³-hybridized carbons (Fsp3) is 0.333. The van der Waals surface area contributed by atoms with Crippen LogP contribution in [0.25, 0.3) is 11.3 Å². The molecular formula is C15H16ClN3O3S. The number of nitrogens with zero attached hydrogens (tertiary/aromatic N) is 2. The number of rotatable bonds is 3. The van der Waals surface area contributed by atoms with Gasteiger partial charge in [-0.25, -0.2) is 8.42 Å². The highest BCUT2D eigenvalue weighted by molar-refractivity contribution is 7.91. The molecule has 6 nitrogen and oxygen atoms in total. The van der Waals surface area contributed by atoms with Gasteiger partial charge in [-0.2, -0.15) is 5.10 Å². The highest BCUT2D eigenvalue weighted by atomic mass is 35.5. The summed E-state index contributed by atoms with van der Waals surface area (Å²) in [5.74, 6) is -0.192. The summed E-state index contributed by atoms with van der Waals surface area (Å²) in [6.07, 6.45) is 0.454. The fourth-order valence-electron chi connectivity index (χ4n) is 2.61. The lowest BCUT2D eigenvalue weighted by Gasteiger charge is -2.10.